The lowest BCUT2D eigenvalue weighted by molar-refractivity contribution is 0.187. The molecule has 2 N–H and O–H groups in total. The van der Waals surface area contributed by atoms with Crippen LogP contribution in [0.5, 0.6) is 0 Å². The molecule has 0 unspecified atom stereocenters. The maximum Gasteiger partial charge on any atom is 0.317 e. The van der Waals surface area contributed by atoms with Gasteiger partial charge in [0.15, 0.2) is 0 Å². The zero-order valence-electron chi connectivity index (χ0n) is 12.2. The van der Waals surface area contributed by atoms with Crippen LogP contribution in [-0.4, -0.2) is 59.0 Å². The van der Waals surface area contributed by atoms with Gasteiger partial charge >= 0.3 is 6.03 Å². The number of urea groups is 1. The molecule has 0 aromatic carbocycles. The van der Waals surface area contributed by atoms with Gasteiger partial charge in [0.2, 0.25) is 0 Å². The number of aromatic nitrogens is 2. The molecule has 2 heterocycles. The molecule has 0 spiro atoms. The van der Waals surface area contributed by atoms with Crippen LogP contribution in [0.15, 0.2) is 0 Å². The summed E-state index contributed by atoms with van der Waals surface area (Å²) in [6.07, 6.45) is 0.830. The van der Waals surface area contributed by atoms with Gasteiger partial charge in [-0.3, -0.25) is 0 Å². The molecule has 0 fully saturated rings. The summed E-state index contributed by atoms with van der Waals surface area (Å²) < 4.78 is 0. The number of aromatic amines is 1. The molecule has 1 aromatic rings. The maximum atomic E-state index is 12.1. The summed E-state index contributed by atoms with van der Waals surface area (Å²) >= 11 is 0. The van der Waals surface area contributed by atoms with Crippen molar-refractivity contribution in [2.45, 2.75) is 32.9 Å². The fourth-order valence-electron chi connectivity index (χ4n) is 2.14. The van der Waals surface area contributed by atoms with E-state index >= 15 is 0 Å². The Morgan fingerprint density at radius 2 is 2.32 bits per heavy atom. The Labute approximate surface area is 114 Å². The van der Waals surface area contributed by atoms with Crippen molar-refractivity contribution < 1.29 is 4.79 Å². The molecule has 1 aliphatic heterocycles. The molecule has 106 valence electrons. The second-order valence-electron chi connectivity index (χ2n) is 5.42. The fraction of sp³-hybridized carbons (Fsp3) is 0.692. The Kier molecular flexibility index (Phi) is 4.09. The van der Waals surface area contributed by atoms with Gasteiger partial charge in [0, 0.05) is 25.6 Å². The summed E-state index contributed by atoms with van der Waals surface area (Å²) in [6, 6.07) is 0.338. The number of imidazole rings is 1. The SMILES string of the molecule is Cc1nc2c([nH]1)CN(C(=O)NC[C@H](C)N(C)C)CC2. The quantitative estimate of drug-likeness (QED) is 0.847. The van der Waals surface area contributed by atoms with Crippen molar-refractivity contribution in [3.05, 3.63) is 17.2 Å². The Bertz CT molecular complexity index is 454. The van der Waals surface area contributed by atoms with Gasteiger partial charge in [-0.2, -0.15) is 0 Å². The van der Waals surface area contributed by atoms with E-state index in [0.717, 1.165) is 30.2 Å². The van der Waals surface area contributed by atoms with Crippen molar-refractivity contribution in [1.82, 2.24) is 25.1 Å². The van der Waals surface area contributed by atoms with Gasteiger partial charge < -0.3 is 20.1 Å². The van der Waals surface area contributed by atoms with E-state index < -0.39 is 0 Å². The smallest absolute Gasteiger partial charge is 0.317 e. The first-order valence-corrected chi connectivity index (χ1v) is 6.71. The molecule has 2 rings (SSSR count). The molecule has 1 aromatic heterocycles. The number of carbonyl (C=O) groups is 1. The van der Waals surface area contributed by atoms with Crippen molar-refractivity contribution in [1.29, 1.82) is 0 Å². The highest BCUT2D eigenvalue weighted by Gasteiger charge is 2.23. The number of likely N-dealkylation sites (N-methyl/N-ethyl adjacent to an activating group) is 1. The summed E-state index contributed by atoms with van der Waals surface area (Å²) in [5.74, 6) is 0.925. The molecular weight excluding hydrogens is 242 g/mol. The van der Waals surface area contributed by atoms with Crippen molar-refractivity contribution in [2.75, 3.05) is 27.2 Å². The van der Waals surface area contributed by atoms with Crippen molar-refractivity contribution in [3.8, 4) is 0 Å². The summed E-state index contributed by atoms with van der Waals surface area (Å²) in [5.41, 5.74) is 2.17. The molecular formula is C13H23N5O. The molecule has 6 nitrogen and oxygen atoms in total. The lowest BCUT2D eigenvalue weighted by atomic mass is 10.1. The number of carbonyl (C=O) groups excluding carboxylic acids is 1. The third kappa shape index (κ3) is 3.26. The van der Waals surface area contributed by atoms with Crippen LogP contribution in [0, 0.1) is 6.92 Å². The Morgan fingerprint density at radius 1 is 1.58 bits per heavy atom. The molecule has 0 saturated carbocycles. The first-order chi connectivity index (χ1) is 8.97. The Hall–Kier alpha value is -1.56. The number of aryl methyl sites for hydroxylation is 1. The van der Waals surface area contributed by atoms with Crippen LogP contribution in [0.1, 0.15) is 24.1 Å². The number of nitrogens with zero attached hydrogens (tertiary/aromatic N) is 3. The monoisotopic (exact) mass is 265 g/mol. The molecule has 6 heteroatoms. The maximum absolute atomic E-state index is 12.1. The van der Waals surface area contributed by atoms with Gasteiger partial charge in [0.1, 0.15) is 5.82 Å². The van der Waals surface area contributed by atoms with Gasteiger partial charge in [0.25, 0.3) is 0 Å². The van der Waals surface area contributed by atoms with Crippen molar-refractivity contribution in [3.63, 3.8) is 0 Å². The Balaban J connectivity index is 1.88. The number of amides is 2. The van der Waals surface area contributed by atoms with Crippen LogP contribution < -0.4 is 5.32 Å². The van der Waals surface area contributed by atoms with Crippen LogP contribution in [0.3, 0.4) is 0 Å². The highest BCUT2D eigenvalue weighted by molar-refractivity contribution is 5.74. The highest BCUT2D eigenvalue weighted by atomic mass is 16.2. The summed E-state index contributed by atoms with van der Waals surface area (Å²) in [5, 5.41) is 2.98. The van der Waals surface area contributed by atoms with Gasteiger partial charge in [0.05, 0.1) is 17.9 Å². The zero-order chi connectivity index (χ0) is 14.0. The lowest BCUT2D eigenvalue weighted by Gasteiger charge is -2.28. The summed E-state index contributed by atoms with van der Waals surface area (Å²) in [7, 11) is 4.02. The molecule has 0 radical (unpaired) electrons. The van der Waals surface area contributed by atoms with Crippen molar-refractivity contribution >= 4 is 6.03 Å². The van der Waals surface area contributed by atoms with Crippen LogP contribution in [-0.2, 0) is 13.0 Å². The third-order valence-corrected chi connectivity index (χ3v) is 3.67. The number of hydrogen-bond donors (Lipinski definition) is 2. The number of hydrogen-bond acceptors (Lipinski definition) is 3. The van der Waals surface area contributed by atoms with E-state index in [1.54, 1.807) is 0 Å². The molecule has 19 heavy (non-hydrogen) atoms. The molecule has 1 atom stereocenters. The molecule has 1 aliphatic rings. The van der Waals surface area contributed by atoms with Crippen LogP contribution >= 0.6 is 0 Å². The number of H-pyrrole nitrogens is 1. The van der Waals surface area contributed by atoms with E-state index in [4.69, 9.17) is 0 Å². The van der Waals surface area contributed by atoms with Crippen LogP contribution in [0.2, 0.25) is 0 Å². The first-order valence-electron chi connectivity index (χ1n) is 6.71. The summed E-state index contributed by atoms with van der Waals surface area (Å²) in [4.78, 5) is 23.7. The lowest BCUT2D eigenvalue weighted by Crippen LogP contribution is -2.46. The first kappa shape index (κ1) is 13.9. The predicted molar refractivity (Wildman–Crippen MR) is 74.0 cm³/mol. The van der Waals surface area contributed by atoms with E-state index in [9.17, 15) is 4.79 Å². The average Bonchev–Trinajstić information content (AvgIpc) is 2.74. The summed E-state index contributed by atoms with van der Waals surface area (Å²) in [6.45, 7) is 6.06. The predicted octanol–water partition coefficient (Wildman–Crippen LogP) is 0.736. The van der Waals surface area contributed by atoms with Gasteiger partial charge in [-0.25, -0.2) is 9.78 Å². The minimum atomic E-state index is 0.00611. The molecule has 0 aliphatic carbocycles. The van der Waals surface area contributed by atoms with E-state index in [0.29, 0.717) is 19.1 Å². The highest BCUT2D eigenvalue weighted by Crippen LogP contribution is 2.16. The van der Waals surface area contributed by atoms with E-state index in [-0.39, 0.29) is 6.03 Å². The van der Waals surface area contributed by atoms with E-state index in [1.165, 1.54) is 0 Å². The molecule has 0 saturated heterocycles. The minimum absolute atomic E-state index is 0.00611. The Morgan fingerprint density at radius 3 is 3.00 bits per heavy atom. The zero-order valence-corrected chi connectivity index (χ0v) is 12.2. The van der Waals surface area contributed by atoms with E-state index in [2.05, 4.69) is 27.1 Å². The third-order valence-electron chi connectivity index (χ3n) is 3.67. The number of rotatable bonds is 3. The number of fused-ring (bicyclic) bond motifs is 1. The van der Waals surface area contributed by atoms with E-state index in [1.807, 2.05) is 25.9 Å². The van der Waals surface area contributed by atoms with Gasteiger partial charge in [-0.1, -0.05) is 0 Å². The van der Waals surface area contributed by atoms with Crippen LogP contribution in [0.4, 0.5) is 4.79 Å². The average molecular weight is 265 g/mol. The van der Waals surface area contributed by atoms with Gasteiger partial charge in [-0.15, -0.1) is 0 Å². The standard InChI is InChI=1S/C13H23N5O/c1-9(17(3)4)7-14-13(19)18-6-5-11-12(8-18)16-10(2)15-11/h9H,5-8H2,1-4H3,(H,14,19)(H,15,16)/t9-/m0/s1. The number of nitrogens with one attached hydrogen (secondary N) is 2. The normalized spacial score (nSPS) is 16.4. The largest absolute Gasteiger partial charge is 0.344 e. The van der Waals surface area contributed by atoms with Gasteiger partial charge in [-0.05, 0) is 27.9 Å². The van der Waals surface area contributed by atoms with Crippen molar-refractivity contribution in [2.24, 2.45) is 0 Å². The second kappa shape index (κ2) is 5.61. The van der Waals surface area contributed by atoms with Crippen LogP contribution in [0.25, 0.3) is 0 Å². The second-order valence-corrected chi connectivity index (χ2v) is 5.42. The fourth-order valence-corrected chi connectivity index (χ4v) is 2.14. The minimum Gasteiger partial charge on any atom is -0.344 e. The molecule has 0 bridgehead atoms. The molecule has 2 amide bonds. The topological polar surface area (TPSA) is 64.3 Å².